The van der Waals surface area contributed by atoms with E-state index in [1.807, 2.05) is 34.6 Å². The van der Waals surface area contributed by atoms with E-state index in [2.05, 4.69) is 17.8 Å². The molecule has 0 aliphatic carbocycles. The molecule has 0 saturated carbocycles. The van der Waals surface area contributed by atoms with E-state index in [4.69, 9.17) is 21.3 Å². The second-order valence-electron chi connectivity index (χ2n) is 8.22. The molecule has 10 heteroatoms. The Labute approximate surface area is 216 Å². The largest absolute Gasteiger partial charge is 0.469 e. The van der Waals surface area contributed by atoms with Gasteiger partial charge in [0.1, 0.15) is 23.9 Å². The number of thiol groups is 1. The molecule has 4 heterocycles. The van der Waals surface area contributed by atoms with Gasteiger partial charge in [-0.3, -0.25) is 13.9 Å². The summed E-state index contributed by atoms with van der Waals surface area (Å²) in [6.45, 7) is 0.225. The van der Waals surface area contributed by atoms with E-state index in [1.165, 1.54) is 15.6 Å². The number of aryl methyl sites for hydroxylation is 1. The number of Topliss-reactive ketones (excluding diaryl/α,β-unsaturated/α-hetero) is 1. The monoisotopic (exact) mass is 524 g/mol. The van der Waals surface area contributed by atoms with Gasteiger partial charge in [-0.15, -0.1) is 0 Å². The van der Waals surface area contributed by atoms with Crippen molar-refractivity contribution in [3.63, 3.8) is 0 Å². The summed E-state index contributed by atoms with van der Waals surface area (Å²) in [5.74, 6) is -0.636. The number of carbonyl (C=O) groups is 2. The smallest absolute Gasteiger partial charge is 0.248 e. The van der Waals surface area contributed by atoms with E-state index in [0.29, 0.717) is 22.2 Å². The normalized spacial score (nSPS) is 20.3. The predicted molar refractivity (Wildman–Crippen MR) is 137 cm³/mol. The maximum Gasteiger partial charge on any atom is 0.248 e. The lowest BCUT2D eigenvalue weighted by molar-refractivity contribution is -0.142. The van der Waals surface area contributed by atoms with E-state index in [0.717, 1.165) is 11.4 Å². The number of ether oxygens (including phenoxy) is 1. The zero-order chi connectivity index (χ0) is 24.6. The number of carbonyl (C=O) groups excluding carboxylic acids is 2. The maximum atomic E-state index is 13.7. The van der Waals surface area contributed by atoms with Crippen LogP contribution in [0, 0.1) is 0 Å². The van der Waals surface area contributed by atoms with Crippen molar-refractivity contribution in [1.29, 1.82) is 0 Å². The summed E-state index contributed by atoms with van der Waals surface area (Å²) in [6, 6.07) is 14.1. The number of aromatic nitrogens is 3. The summed E-state index contributed by atoms with van der Waals surface area (Å²) >= 11 is 12.5. The van der Waals surface area contributed by atoms with E-state index in [1.54, 1.807) is 48.7 Å². The van der Waals surface area contributed by atoms with Crippen LogP contribution in [0.4, 0.5) is 0 Å². The minimum atomic E-state index is -1.20. The van der Waals surface area contributed by atoms with Crippen LogP contribution in [0.15, 0.2) is 71.7 Å². The Morgan fingerprint density at radius 2 is 2.03 bits per heavy atom. The Bertz CT molecular complexity index is 1390. The molecule has 1 aliphatic rings. The third kappa shape index (κ3) is 4.13. The van der Waals surface area contributed by atoms with E-state index < -0.39 is 17.4 Å². The van der Waals surface area contributed by atoms with Gasteiger partial charge in [0.25, 0.3) is 0 Å². The molecule has 1 saturated heterocycles. The Morgan fingerprint density at radius 1 is 1.20 bits per heavy atom. The second kappa shape index (κ2) is 9.49. The zero-order valence-electron chi connectivity index (χ0n) is 18.7. The van der Waals surface area contributed by atoms with Crippen LogP contribution in [0.5, 0.6) is 5.88 Å². The number of nitrogens with zero attached hydrogens (tertiary/aromatic N) is 4. The van der Waals surface area contributed by atoms with Crippen molar-refractivity contribution in [3.8, 4) is 5.88 Å². The van der Waals surface area contributed by atoms with Crippen LogP contribution >= 0.6 is 35.8 Å². The number of thiophene rings is 1. The number of benzene rings is 1. The first-order chi connectivity index (χ1) is 16.9. The highest BCUT2D eigenvalue weighted by Gasteiger charge is 2.53. The third-order valence-electron chi connectivity index (χ3n) is 6.20. The van der Waals surface area contributed by atoms with E-state index >= 15 is 0 Å². The second-order valence-corrected chi connectivity index (χ2v) is 9.81. The fourth-order valence-electron chi connectivity index (χ4n) is 4.36. The van der Waals surface area contributed by atoms with Gasteiger partial charge in [0.2, 0.25) is 11.8 Å². The number of halogens is 1. The molecule has 5 rings (SSSR count). The molecule has 0 N–H and O–H groups in total. The van der Waals surface area contributed by atoms with Gasteiger partial charge in [0.15, 0.2) is 5.78 Å². The molecule has 2 atom stereocenters. The van der Waals surface area contributed by atoms with Crippen molar-refractivity contribution < 1.29 is 14.3 Å². The lowest BCUT2D eigenvalue weighted by Crippen LogP contribution is -2.54. The number of hydrogen-bond donors (Lipinski definition) is 1. The van der Waals surface area contributed by atoms with Crippen LogP contribution in [0.2, 0.25) is 5.02 Å². The molecule has 1 amide bonds. The Hall–Kier alpha value is -3.14. The average molecular weight is 525 g/mol. The number of piperidine rings is 1. The van der Waals surface area contributed by atoms with Gasteiger partial charge in [-0.1, -0.05) is 48.7 Å². The van der Waals surface area contributed by atoms with Crippen LogP contribution in [-0.2, 0) is 28.8 Å². The topological polar surface area (TPSA) is 77.3 Å². The summed E-state index contributed by atoms with van der Waals surface area (Å²) in [5.41, 5.74) is 0.521. The number of imidazole rings is 1. The minimum Gasteiger partial charge on any atom is -0.469 e. The molecule has 0 bridgehead atoms. The number of amides is 1. The van der Waals surface area contributed by atoms with Gasteiger partial charge < -0.3 is 9.30 Å². The fourth-order valence-corrected chi connectivity index (χ4v) is 5.74. The standard InChI is InChI=1S/C25H21ClN4O3S2/c1-29-11-10-27-21(29)14-33-22-8-4-7-20(28-22)25(16-9-12-35-15-16)13-19(31)23(24(32)30(25)34)17-5-2-3-6-18(17)26/h2-12,15,23,34H,13-14H2,1H3. The van der Waals surface area contributed by atoms with Gasteiger partial charge in [0.05, 0.1) is 5.69 Å². The molecule has 7 nitrogen and oxygen atoms in total. The fraction of sp³-hybridized carbons (Fsp3) is 0.200. The Morgan fingerprint density at radius 3 is 2.74 bits per heavy atom. The summed E-state index contributed by atoms with van der Waals surface area (Å²) in [4.78, 5) is 36.2. The first kappa shape index (κ1) is 23.6. The van der Waals surface area contributed by atoms with Crippen molar-refractivity contribution in [2.24, 2.45) is 7.05 Å². The molecule has 4 aromatic rings. The van der Waals surface area contributed by atoms with Gasteiger partial charge in [0, 0.05) is 37.0 Å². The number of hydrogen-bond acceptors (Lipinski definition) is 7. The molecule has 35 heavy (non-hydrogen) atoms. The van der Waals surface area contributed by atoms with Gasteiger partial charge >= 0.3 is 0 Å². The lowest BCUT2D eigenvalue weighted by atomic mass is 9.75. The van der Waals surface area contributed by atoms with E-state index in [9.17, 15) is 9.59 Å². The number of rotatable bonds is 6. The van der Waals surface area contributed by atoms with Crippen LogP contribution < -0.4 is 4.74 Å². The van der Waals surface area contributed by atoms with Crippen LogP contribution in [0.3, 0.4) is 0 Å². The SMILES string of the molecule is Cn1ccnc1COc1cccc(C2(c3ccsc3)CC(=O)C(c3ccccc3Cl)C(=O)N2S)n1. The Kier molecular flexibility index (Phi) is 6.39. The molecular formula is C25H21ClN4O3S2. The van der Waals surface area contributed by atoms with Crippen molar-refractivity contribution >= 4 is 47.4 Å². The van der Waals surface area contributed by atoms with Crippen LogP contribution in [0.1, 0.15) is 35.0 Å². The maximum absolute atomic E-state index is 13.7. The minimum absolute atomic E-state index is 0.00924. The van der Waals surface area contributed by atoms with Crippen molar-refractivity contribution in [1.82, 2.24) is 18.8 Å². The number of pyridine rings is 1. The quantitative estimate of drug-likeness (QED) is 0.290. The van der Waals surface area contributed by atoms with Gasteiger partial charge in [-0.2, -0.15) is 11.3 Å². The Balaban J connectivity index is 1.54. The summed E-state index contributed by atoms with van der Waals surface area (Å²) in [7, 11) is 1.88. The van der Waals surface area contributed by atoms with Crippen molar-refractivity contribution in [2.75, 3.05) is 0 Å². The highest BCUT2D eigenvalue weighted by Crippen LogP contribution is 2.48. The molecule has 1 fully saturated rings. The lowest BCUT2D eigenvalue weighted by Gasteiger charge is -2.45. The summed E-state index contributed by atoms with van der Waals surface area (Å²) in [6.07, 6.45) is 3.52. The molecule has 178 valence electrons. The summed E-state index contributed by atoms with van der Waals surface area (Å²) < 4.78 is 9.09. The van der Waals surface area contributed by atoms with Gasteiger partial charge in [-0.25, -0.2) is 9.97 Å². The molecule has 1 aliphatic heterocycles. The summed E-state index contributed by atoms with van der Waals surface area (Å²) in [5, 5.41) is 4.17. The highest BCUT2D eigenvalue weighted by molar-refractivity contribution is 7.78. The van der Waals surface area contributed by atoms with Gasteiger partial charge in [-0.05, 0) is 40.1 Å². The molecule has 3 aromatic heterocycles. The molecule has 1 aromatic carbocycles. The van der Waals surface area contributed by atoms with Crippen molar-refractivity contribution in [3.05, 3.63) is 99.4 Å². The zero-order valence-corrected chi connectivity index (χ0v) is 21.1. The number of ketones is 1. The van der Waals surface area contributed by atoms with Crippen LogP contribution in [-0.4, -0.2) is 30.5 Å². The highest BCUT2D eigenvalue weighted by atomic mass is 35.5. The van der Waals surface area contributed by atoms with Crippen molar-refractivity contribution in [2.45, 2.75) is 24.5 Å². The first-order valence-electron chi connectivity index (χ1n) is 10.8. The van der Waals surface area contributed by atoms with Crippen LogP contribution in [0.25, 0.3) is 0 Å². The molecular weight excluding hydrogens is 504 g/mol. The molecule has 0 radical (unpaired) electrons. The predicted octanol–water partition coefficient (Wildman–Crippen LogP) is 4.78. The van der Waals surface area contributed by atoms with E-state index in [-0.39, 0.29) is 18.8 Å². The molecule has 2 unspecified atom stereocenters. The first-order valence-corrected chi connectivity index (χ1v) is 12.5. The average Bonchev–Trinajstić information content (AvgIpc) is 3.54. The third-order valence-corrected chi connectivity index (χ3v) is 7.77. The molecule has 0 spiro atoms.